The van der Waals surface area contributed by atoms with Crippen LogP contribution in [0.4, 0.5) is 22.7 Å². The quantitative estimate of drug-likeness (QED) is 0.664. The molecule has 7 nitrogen and oxygen atoms in total. The summed E-state index contributed by atoms with van der Waals surface area (Å²) in [5.74, 6) is 2.84. The van der Waals surface area contributed by atoms with Gasteiger partial charge in [0.25, 0.3) is 0 Å². The Bertz CT molecular complexity index is 1150. The van der Waals surface area contributed by atoms with E-state index in [9.17, 15) is 5.26 Å². The van der Waals surface area contributed by atoms with Crippen molar-refractivity contribution in [1.29, 1.82) is 5.26 Å². The Morgan fingerprint density at radius 3 is 1.86 bits per heavy atom. The van der Waals surface area contributed by atoms with Crippen molar-refractivity contribution in [2.24, 2.45) is 0 Å². The zero-order chi connectivity index (χ0) is 19.8. The van der Waals surface area contributed by atoms with E-state index in [1.807, 2.05) is 55.5 Å². The summed E-state index contributed by atoms with van der Waals surface area (Å²) < 4.78 is 21.5. The van der Waals surface area contributed by atoms with Gasteiger partial charge in [0.2, 0.25) is 13.6 Å². The Kier molecular flexibility index (Phi) is 4.03. The normalized spacial score (nSPS) is 13.1. The molecule has 0 saturated carbocycles. The highest BCUT2D eigenvalue weighted by Gasteiger charge is 2.16. The molecule has 0 atom stereocenters. The minimum absolute atomic E-state index is 0.224. The van der Waals surface area contributed by atoms with Crippen LogP contribution in [-0.2, 0) is 0 Å². The van der Waals surface area contributed by atoms with Crippen molar-refractivity contribution in [3.05, 3.63) is 59.7 Å². The predicted octanol–water partition coefficient (Wildman–Crippen LogP) is 4.81. The number of nitrogens with one attached hydrogen (secondary N) is 2. The Morgan fingerprint density at radius 1 is 0.724 bits per heavy atom. The highest BCUT2D eigenvalue weighted by molar-refractivity contribution is 5.76. The smallest absolute Gasteiger partial charge is 0.231 e. The zero-order valence-corrected chi connectivity index (χ0v) is 15.6. The van der Waals surface area contributed by atoms with E-state index < -0.39 is 0 Å². The van der Waals surface area contributed by atoms with Crippen molar-refractivity contribution in [2.75, 3.05) is 24.2 Å². The molecular weight excluding hydrogens is 370 g/mol. The lowest BCUT2D eigenvalue weighted by Crippen LogP contribution is -1.99. The van der Waals surface area contributed by atoms with Crippen LogP contribution >= 0.6 is 0 Å². The van der Waals surface area contributed by atoms with Gasteiger partial charge in [0.1, 0.15) is 6.07 Å². The second-order valence-corrected chi connectivity index (χ2v) is 6.71. The number of hydrogen-bond donors (Lipinski definition) is 2. The van der Waals surface area contributed by atoms with E-state index in [-0.39, 0.29) is 13.6 Å². The molecule has 2 heterocycles. The number of ether oxygens (including phenoxy) is 4. The molecule has 0 unspecified atom stereocenters. The summed E-state index contributed by atoms with van der Waals surface area (Å²) in [6.07, 6.45) is 0. The third-order valence-corrected chi connectivity index (χ3v) is 4.79. The topological polar surface area (TPSA) is 84.8 Å². The first-order chi connectivity index (χ1) is 14.2. The second-order valence-electron chi connectivity index (χ2n) is 6.71. The number of fused-ring (bicyclic) bond motifs is 2. The highest BCUT2D eigenvalue weighted by atomic mass is 16.7. The predicted molar refractivity (Wildman–Crippen MR) is 108 cm³/mol. The summed E-state index contributed by atoms with van der Waals surface area (Å²) in [6, 6.07) is 17.3. The van der Waals surface area contributed by atoms with Crippen LogP contribution in [0.2, 0.25) is 0 Å². The van der Waals surface area contributed by atoms with Crippen LogP contribution in [0.3, 0.4) is 0 Å². The number of rotatable bonds is 4. The minimum Gasteiger partial charge on any atom is -0.454 e. The Hall–Kier alpha value is -4.05. The molecule has 0 spiro atoms. The van der Waals surface area contributed by atoms with Gasteiger partial charge in [-0.05, 0) is 48.9 Å². The summed E-state index contributed by atoms with van der Waals surface area (Å²) in [5, 5.41) is 16.3. The van der Waals surface area contributed by atoms with Crippen molar-refractivity contribution >= 4 is 22.7 Å². The van der Waals surface area contributed by atoms with Gasteiger partial charge in [0, 0.05) is 29.2 Å². The van der Waals surface area contributed by atoms with Gasteiger partial charge in [-0.25, -0.2) is 0 Å². The molecule has 0 bridgehead atoms. The first-order valence-electron chi connectivity index (χ1n) is 9.08. The third-order valence-electron chi connectivity index (χ3n) is 4.79. The number of benzene rings is 3. The van der Waals surface area contributed by atoms with Crippen molar-refractivity contribution < 1.29 is 18.9 Å². The third kappa shape index (κ3) is 3.21. The second kappa shape index (κ2) is 6.84. The molecule has 7 heteroatoms. The molecule has 2 aliphatic rings. The lowest BCUT2D eigenvalue weighted by atomic mass is 10.1. The summed E-state index contributed by atoms with van der Waals surface area (Å²) in [6.45, 7) is 2.44. The average molecular weight is 387 g/mol. The molecule has 0 fully saturated rings. The molecule has 0 radical (unpaired) electrons. The summed E-state index contributed by atoms with van der Waals surface area (Å²) in [7, 11) is 0. The van der Waals surface area contributed by atoms with Gasteiger partial charge >= 0.3 is 0 Å². The lowest BCUT2D eigenvalue weighted by molar-refractivity contribution is 0.173. The number of nitrogens with zero attached hydrogens (tertiary/aromatic N) is 1. The molecule has 29 heavy (non-hydrogen) atoms. The number of aryl methyl sites for hydroxylation is 1. The molecule has 0 amide bonds. The van der Waals surface area contributed by atoms with Crippen molar-refractivity contribution in [1.82, 2.24) is 0 Å². The fraction of sp³-hybridized carbons (Fsp3) is 0.136. The molecule has 3 aromatic rings. The van der Waals surface area contributed by atoms with Gasteiger partial charge in [-0.3, -0.25) is 0 Å². The molecule has 0 aliphatic carbocycles. The maximum atomic E-state index is 9.66. The summed E-state index contributed by atoms with van der Waals surface area (Å²) in [4.78, 5) is 0. The van der Waals surface area contributed by atoms with Crippen LogP contribution in [0.1, 0.15) is 11.1 Å². The largest absolute Gasteiger partial charge is 0.454 e. The van der Waals surface area contributed by atoms with Crippen LogP contribution in [0.5, 0.6) is 23.0 Å². The molecule has 2 N–H and O–H groups in total. The highest BCUT2D eigenvalue weighted by Crippen LogP contribution is 2.38. The zero-order valence-electron chi connectivity index (χ0n) is 15.6. The molecule has 0 saturated heterocycles. The van der Waals surface area contributed by atoms with E-state index in [1.54, 1.807) is 0 Å². The number of anilines is 4. The molecule has 0 aromatic heterocycles. The van der Waals surface area contributed by atoms with Gasteiger partial charge in [0.15, 0.2) is 23.0 Å². The van der Waals surface area contributed by atoms with Gasteiger partial charge in [-0.1, -0.05) is 0 Å². The molecule has 2 aliphatic heterocycles. The van der Waals surface area contributed by atoms with E-state index in [0.29, 0.717) is 17.1 Å². The lowest BCUT2D eigenvalue weighted by Gasteiger charge is -2.15. The standard InChI is InChI=1S/C22H17N3O4/c1-13-6-18(25-16-3-5-20-22(9-16)29-12-27-20)14(10-23)7-17(13)24-15-2-4-19-21(8-15)28-11-26-19/h2-9,24-25H,11-12H2,1H3. The molecule has 144 valence electrons. The first kappa shape index (κ1) is 17.1. The average Bonchev–Trinajstić information content (AvgIpc) is 3.38. The molecule has 3 aromatic carbocycles. The maximum absolute atomic E-state index is 9.66. The fourth-order valence-electron chi connectivity index (χ4n) is 3.30. The summed E-state index contributed by atoms with van der Waals surface area (Å²) in [5.41, 5.74) is 4.76. The van der Waals surface area contributed by atoms with E-state index >= 15 is 0 Å². The number of hydrogen-bond acceptors (Lipinski definition) is 7. The van der Waals surface area contributed by atoms with Crippen molar-refractivity contribution in [3.8, 4) is 29.1 Å². The van der Waals surface area contributed by atoms with Crippen molar-refractivity contribution in [3.63, 3.8) is 0 Å². The van der Waals surface area contributed by atoms with Crippen LogP contribution in [0.15, 0.2) is 48.5 Å². The van der Waals surface area contributed by atoms with Crippen LogP contribution in [-0.4, -0.2) is 13.6 Å². The van der Waals surface area contributed by atoms with E-state index in [4.69, 9.17) is 18.9 Å². The molecule has 5 rings (SSSR count). The van der Waals surface area contributed by atoms with Gasteiger partial charge < -0.3 is 29.6 Å². The van der Waals surface area contributed by atoms with Gasteiger partial charge in [-0.2, -0.15) is 5.26 Å². The summed E-state index contributed by atoms with van der Waals surface area (Å²) >= 11 is 0. The number of nitriles is 1. The van der Waals surface area contributed by atoms with Crippen LogP contribution in [0.25, 0.3) is 0 Å². The Balaban J connectivity index is 1.42. The monoisotopic (exact) mass is 387 g/mol. The van der Waals surface area contributed by atoms with E-state index in [2.05, 4.69) is 16.7 Å². The minimum atomic E-state index is 0.224. The SMILES string of the molecule is Cc1cc(Nc2ccc3c(c2)OCO3)c(C#N)cc1Nc1ccc2c(c1)OCO2. The molecular formula is C22H17N3O4. The van der Waals surface area contributed by atoms with Gasteiger partial charge in [0.05, 0.1) is 11.3 Å². The van der Waals surface area contributed by atoms with E-state index in [1.165, 1.54) is 0 Å². The van der Waals surface area contributed by atoms with Crippen LogP contribution < -0.4 is 29.6 Å². The Labute approximate surface area is 167 Å². The van der Waals surface area contributed by atoms with Gasteiger partial charge in [-0.15, -0.1) is 0 Å². The maximum Gasteiger partial charge on any atom is 0.231 e. The van der Waals surface area contributed by atoms with Crippen LogP contribution in [0, 0.1) is 18.3 Å². The van der Waals surface area contributed by atoms with E-state index in [0.717, 1.165) is 39.8 Å². The Morgan fingerprint density at radius 2 is 1.28 bits per heavy atom. The van der Waals surface area contributed by atoms with Crippen molar-refractivity contribution in [2.45, 2.75) is 6.92 Å². The fourth-order valence-corrected chi connectivity index (χ4v) is 3.30. The first-order valence-corrected chi connectivity index (χ1v) is 9.08.